The molecule has 1 unspecified atom stereocenters. The van der Waals surface area contributed by atoms with Crippen molar-refractivity contribution in [2.75, 3.05) is 5.32 Å². The lowest BCUT2D eigenvalue weighted by atomic mass is 9.90. The average molecular weight is 612 g/mol. The van der Waals surface area contributed by atoms with E-state index in [-0.39, 0.29) is 5.91 Å². The molecule has 0 heterocycles. The third-order valence-electron chi connectivity index (χ3n) is 3.83. The molecule has 2 N–H and O–H groups in total. The molecule has 0 spiro atoms. The summed E-state index contributed by atoms with van der Waals surface area (Å²) >= 11 is 3.97. The Morgan fingerprint density at radius 1 is 1.11 bits per heavy atom. The molecule has 1 aliphatic carbocycles. The molecule has 0 saturated heterocycles. The number of nitrogens with one attached hydrogen (secondary N) is 2. The molecule has 1 atom stereocenters. The highest BCUT2D eigenvalue weighted by Crippen LogP contribution is 2.39. The van der Waals surface area contributed by atoms with Crippen LogP contribution in [0.25, 0.3) is 5.57 Å². The van der Waals surface area contributed by atoms with Crippen molar-refractivity contribution in [3.8, 4) is 0 Å². The van der Waals surface area contributed by atoms with Crippen LogP contribution in [0.15, 0.2) is 36.0 Å². The number of nitro groups is 2. The van der Waals surface area contributed by atoms with Gasteiger partial charge in [0.1, 0.15) is 9.85 Å². The van der Waals surface area contributed by atoms with E-state index in [4.69, 9.17) is 0 Å². The Morgan fingerprint density at radius 2 is 1.68 bits per heavy atom. The van der Waals surface area contributed by atoms with E-state index in [0.29, 0.717) is 20.4 Å². The number of amides is 2. The van der Waals surface area contributed by atoms with Gasteiger partial charge in [0.2, 0.25) is 11.8 Å². The first-order chi connectivity index (χ1) is 13.0. The summed E-state index contributed by atoms with van der Waals surface area (Å²) in [4.78, 5) is 44.0. The molecule has 0 bridgehead atoms. The number of nitrogens with zero attached hydrogens (tertiary/aromatic N) is 2. The third kappa shape index (κ3) is 4.31. The van der Waals surface area contributed by atoms with Gasteiger partial charge in [0.15, 0.2) is 5.70 Å². The second-order valence-corrected chi connectivity index (χ2v) is 8.38. The number of alkyl halides is 1. The molecule has 1 aromatic rings. The highest BCUT2D eigenvalue weighted by atomic mass is 127. The second kappa shape index (κ2) is 8.50. The zero-order chi connectivity index (χ0) is 21.2. The van der Waals surface area contributed by atoms with Crippen LogP contribution < -0.4 is 10.6 Å². The van der Waals surface area contributed by atoms with E-state index in [9.17, 15) is 29.8 Å². The van der Waals surface area contributed by atoms with Crippen LogP contribution in [0.4, 0.5) is 5.69 Å². The van der Waals surface area contributed by atoms with E-state index < -0.39 is 31.0 Å². The van der Waals surface area contributed by atoms with Crippen LogP contribution in [0, 0.1) is 23.8 Å². The Balaban J connectivity index is 2.64. The van der Waals surface area contributed by atoms with Crippen LogP contribution in [0.3, 0.4) is 0 Å². The van der Waals surface area contributed by atoms with Crippen molar-refractivity contribution in [1.29, 1.82) is 0 Å². The van der Waals surface area contributed by atoms with Gasteiger partial charge >= 0.3 is 5.66 Å². The van der Waals surface area contributed by atoms with Gasteiger partial charge in [0.05, 0.1) is 10.0 Å². The highest BCUT2D eigenvalue weighted by molar-refractivity contribution is 14.1. The van der Waals surface area contributed by atoms with Crippen molar-refractivity contribution < 1.29 is 19.4 Å². The van der Waals surface area contributed by atoms with Gasteiger partial charge in [-0.3, -0.25) is 29.8 Å². The standard InChI is InChI=1S/C16H14I2N4O6/c1-8(23)19-10-3-4-11(13(17)5-10)12-7-16(21(25)26,22(27)28)15(6-14(12)18)20-9(2)24/h3-7,14H,1-2H3,(H,19,23)(H,20,24). The first kappa shape index (κ1) is 22.2. The maximum atomic E-state index is 11.7. The number of halogens is 2. The summed E-state index contributed by atoms with van der Waals surface area (Å²) in [6.45, 7) is 2.48. The Morgan fingerprint density at radius 3 is 2.14 bits per heavy atom. The SMILES string of the molecule is CC(=O)NC1=CC(I)C(c2ccc(NC(C)=O)cc2I)=CC1([N+](=O)[O-])[N+](=O)[O-]. The second-order valence-electron chi connectivity index (χ2n) is 5.88. The Labute approximate surface area is 186 Å². The molecular weight excluding hydrogens is 598 g/mol. The maximum absolute atomic E-state index is 11.7. The quantitative estimate of drug-likeness (QED) is 0.172. The van der Waals surface area contributed by atoms with Gasteiger partial charge in [0, 0.05) is 23.1 Å². The number of carbonyl (C=O) groups is 2. The van der Waals surface area contributed by atoms with E-state index in [1.165, 1.54) is 13.0 Å². The van der Waals surface area contributed by atoms with Crippen LogP contribution in [0.2, 0.25) is 0 Å². The number of carbonyl (C=O) groups excluding carboxylic acids is 2. The average Bonchev–Trinajstić information content (AvgIpc) is 2.54. The predicted octanol–water partition coefficient (Wildman–Crippen LogP) is 2.72. The summed E-state index contributed by atoms with van der Waals surface area (Å²) < 4.78 is 0.182. The molecule has 12 heteroatoms. The molecule has 148 valence electrons. The van der Waals surface area contributed by atoms with Crippen LogP contribution in [0.1, 0.15) is 19.4 Å². The molecule has 0 saturated carbocycles. The van der Waals surface area contributed by atoms with Gasteiger partial charge in [0.25, 0.3) is 0 Å². The molecular formula is C16H14I2N4O6. The van der Waals surface area contributed by atoms with E-state index in [0.717, 1.165) is 13.0 Å². The van der Waals surface area contributed by atoms with Gasteiger partial charge in [-0.15, -0.1) is 0 Å². The summed E-state index contributed by atoms with van der Waals surface area (Å²) in [5, 5.41) is 28.3. The summed E-state index contributed by atoms with van der Waals surface area (Å²) in [5.74, 6) is -0.898. The largest absolute Gasteiger partial charge is 0.518 e. The lowest BCUT2D eigenvalue weighted by Crippen LogP contribution is -2.53. The van der Waals surface area contributed by atoms with Crippen molar-refractivity contribution in [1.82, 2.24) is 5.32 Å². The molecule has 2 rings (SSSR count). The molecule has 2 amide bonds. The fourth-order valence-electron chi connectivity index (χ4n) is 2.68. The molecule has 10 nitrogen and oxygen atoms in total. The topological polar surface area (TPSA) is 144 Å². The molecule has 1 aliphatic rings. The maximum Gasteiger partial charge on any atom is 0.518 e. The van der Waals surface area contributed by atoms with Crippen LogP contribution in [-0.2, 0) is 9.59 Å². The Bertz CT molecular complexity index is 929. The smallest absolute Gasteiger partial charge is 0.326 e. The van der Waals surface area contributed by atoms with E-state index in [2.05, 4.69) is 10.6 Å². The normalized spacial score (nSPS) is 17.8. The lowest BCUT2D eigenvalue weighted by Gasteiger charge is -2.25. The fourth-order valence-corrected chi connectivity index (χ4v) is 4.38. The number of rotatable bonds is 5. The first-order valence-corrected chi connectivity index (χ1v) is 10.0. The van der Waals surface area contributed by atoms with E-state index in [1.54, 1.807) is 18.2 Å². The minimum atomic E-state index is -2.80. The van der Waals surface area contributed by atoms with Crippen molar-refractivity contribution in [2.24, 2.45) is 0 Å². The lowest BCUT2D eigenvalue weighted by molar-refractivity contribution is -0.769. The molecule has 0 fully saturated rings. The molecule has 0 aliphatic heterocycles. The molecule has 0 radical (unpaired) electrons. The van der Waals surface area contributed by atoms with Crippen molar-refractivity contribution in [2.45, 2.75) is 23.4 Å². The Kier molecular flexibility index (Phi) is 6.74. The van der Waals surface area contributed by atoms with Gasteiger partial charge < -0.3 is 10.6 Å². The molecule has 1 aromatic carbocycles. The highest BCUT2D eigenvalue weighted by Gasteiger charge is 2.61. The van der Waals surface area contributed by atoms with Crippen LogP contribution in [0.5, 0.6) is 0 Å². The minimum absolute atomic E-state index is 0.254. The molecule has 0 aromatic heterocycles. The number of hydrogen-bond acceptors (Lipinski definition) is 6. The number of allylic oxidation sites excluding steroid dienone is 2. The summed E-state index contributed by atoms with van der Waals surface area (Å²) in [6.07, 6.45) is 2.27. The van der Waals surface area contributed by atoms with Gasteiger partial charge in [-0.1, -0.05) is 28.7 Å². The monoisotopic (exact) mass is 612 g/mol. The van der Waals surface area contributed by atoms with Gasteiger partial charge in [-0.25, -0.2) is 0 Å². The van der Waals surface area contributed by atoms with Gasteiger partial charge in [-0.05, 0) is 51.9 Å². The summed E-state index contributed by atoms with van der Waals surface area (Å²) in [7, 11) is 0. The number of hydrogen-bond donors (Lipinski definition) is 2. The molecule has 28 heavy (non-hydrogen) atoms. The van der Waals surface area contributed by atoms with Crippen LogP contribution >= 0.6 is 45.2 Å². The van der Waals surface area contributed by atoms with E-state index in [1.807, 2.05) is 45.2 Å². The van der Waals surface area contributed by atoms with E-state index >= 15 is 0 Å². The zero-order valence-corrected chi connectivity index (χ0v) is 18.9. The van der Waals surface area contributed by atoms with Crippen molar-refractivity contribution >= 4 is 68.3 Å². The minimum Gasteiger partial charge on any atom is -0.326 e. The fraction of sp³-hybridized carbons (Fsp3) is 0.250. The van der Waals surface area contributed by atoms with Crippen molar-refractivity contribution in [3.63, 3.8) is 0 Å². The number of anilines is 1. The summed E-state index contributed by atoms with van der Waals surface area (Å²) in [5.41, 5.74) is -1.75. The zero-order valence-electron chi connectivity index (χ0n) is 14.6. The Hall–Kier alpha value is -2.10. The predicted molar refractivity (Wildman–Crippen MR) is 118 cm³/mol. The number of benzene rings is 1. The first-order valence-electron chi connectivity index (χ1n) is 7.72. The van der Waals surface area contributed by atoms with Crippen LogP contribution in [-0.4, -0.2) is 31.2 Å². The van der Waals surface area contributed by atoms with Crippen molar-refractivity contribution in [3.05, 3.63) is 65.4 Å². The summed E-state index contributed by atoms with van der Waals surface area (Å²) in [6, 6.07) is 4.90. The van der Waals surface area contributed by atoms with Gasteiger partial charge in [-0.2, -0.15) is 0 Å². The third-order valence-corrected chi connectivity index (χ3v) is 5.75.